The van der Waals surface area contributed by atoms with Gasteiger partial charge in [0.25, 0.3) is 0 Å². The summed E-state index contributed by atoms with van der Waals surface area (Å²) in [6, 6.07) is 0. The van der Waals surface area contributed by atoms with Crippen molar-refractivity contribution in [3.63, 3.8) is 0 Å². The van der Waals surface area contributed by atoms with Crippen molar-refractivity contribution in [2.45, 2.75) is 226 Å². The number of esters is 3. The van der Waals surface area contributed by atoms with Crippen LogP contribution in [0.1, 0.15) is 213 Å². The van der Waals surface area contributed by atoms with Crippen LogP contribution in [0.3, 0.4) is 0 Å². The number of hydrogen-bond acceptors (Lipinski definition) is 10. The Kier molecular flexibility index (Phi) is 47.6. The fourth-order valence-corrected chi connectivity index (χ4v) is 7.61. The molecule has 390 valence electrons. The molecule has 2 N–H and O–H groups in total. The van der Waals surface area contributed by atoms with E-state index in [4.69, 9.17) is 23.3 Å². The number of carbonyl (C=O) groups excluding carboxylic acids is 3. The fourth-order valence-electron chi connectivity index (χ4n) is 6.83. The standard InChI is InChI=1S/C56H95O11P/c1-4-7-10-13-16-19-22-25-26-29-32-35-38-41-44-47-56(60)67-53(49-63-54(58)45-42-39-36-33-30-27-23-20-17-14-11-8-5-2)51-65-68(61,62)64-50-52(48-57)66-55(59)46-43-40-37-34-31-28-24-21-18-15-12-9-6-3/h7,9-10,12,16,18-19,21,25-26,28,31-32,35,52-53,57H,4-6,8,11,13-15,17,20,22-24,27,29-30,33-34,36-51H2,1-3H3,(H,61,62)/b10-7-,12-9-,19-16-,21-18-,26-25-,31-28-,35-32-. The van der Waals surface area contributed by atoms with E-state index >= 15 is 0 Å². The Morgan fingerprint density at radius 3 is 1.21 bits per heavy atom. The largest absolute Gasteiger partial charge is 0.472 e. The minimum absolute atomic E-state index is 0.111. The van der Waals surface area contributed by atoms with Gasteiger partial charge in [-0.25, -0.2) is 4.57 Å². The molecule has 0 fully saturated rings. The molecule has 3 atom stereocenters. The molecule has 0 spiro atoms. The SMILES string of the molecule is CC/C=C\C/C=C\C/C=C\C/C=C\CCCCC(=O)OC(COC(=O)CCCCCCCCCCCCCCC)COP(=O)(O)OCC(CO)OC(=O)CCCCC/C=C\C/C=C\C/C=C\CC. The highest BCUT2D eigenvalue weighted by Crippen LogP contribution is 2.43. The predicted octanol–water partition coefficient (Wildman–Crippen LogP) is 15.1. The van der Waals surface area contributed by atoms with Gasteiger partial charge in [0.1, 0.15) is 12.7 Å². The summed E-state index contributed by atoms with van der Waals surface area (Å²) in [5.41, 5.74) is 0. The highest BCUT2D eigenvalue weighted by molar-refractivity contribution is 7.47. The van der Waals surface area contributed by atoms with Crippen molar-refractivity contribution >= 4 is 25.7 Å². The molecule has 0 rings (SSSR count). The minimum atomic E-state index is -4.76. The number of aliphatic hydroxyl groups is 1. The zero-order valence-corrected chi connectivity index (χ0v) is 43.7. The van der Waals surface area contributed by atoms with Crippen LogP contribution in [0.15, 0.2) is 85.1 Å². The lowest BCUT2D eigenvalue weighted by atomic mass is 10.0. The summed E-state index contributed by atoms with van der Waals surface area (Å²) < 4.78 is 39.3. The van der Waals surface area contributed by atoms with E-state index in [1.54, 1.807) is 0 Å². The zero-order valence-electron chi connectivity index (χ0n) is 42.8. The lowest BCUT2D eigenvalue weighted by molar-refractivity contribution is -0.161. The minimum Gasteiger partial charge on any atom is -0.462 e. The number of phosphoric ester groups is 1. The van der Waals surface area contributed by atoms with E-state index in [1.165, 1.54) is 57.8 Å². The Labute approximate surface area is 413 Å². The first-order chi connectivity index (χ1) is 33.2. The molecule has 0 aliphatic heterocycles. The van der Waals surface area contributed by atoms with Crippen molar-refractivity contribution < 1.29 is 52.2 Å². The molecule has 0 amide bonds. The number of carbonyl (C=O) groups is 3. The number of ether oxygens (including phenoxy) is 3. The molecular weight excluding hydrogens is 880 g/mol. The topological polar surface area (TPSA) is 155 Å². The van der Waals surface area contributed by atoms with Crippen molar-refractivity contribution in [3.8, 4) is 0 Å². The zero-order chi connectivity index (χ0) is 49.9. The van der Waals surface area contributed by atoms with Gasteiger partial charge >= 0.3 is 25.7 Å². The van der Waals surface area contributed by atoms with E-state index in [0.29, 0.717) is 19.3 Å². The highest BCUT2D eigenvalue weighted by Gasteiger charge is 2.28. The molecule has 0 radical (unpaired) electrons. The summed E-state index contributed by atoms with van der Waals surface area (Å²) >= 11 is 0. The van der Waals surface area contributed by atoms with E-state index in [9.17, 15) is 28.9 Å². The predicted molar refractivity (Wildman–Crippen MR) is 279 cm³/mol. The number of unbranched alkanes of at least 4 members (excludes halogenated alkanes) is 17. The summed E-state index contributed by atoms with van der Waals surface area (Å²) in [5.74, 6) is -1.55. The van der Waals surface area contributed by atoms with Gasteiger partial charge < -0.3 is 24.2 Å². The van der Waals surface area contributed by atoms with Gasteiger partial charge in [-0.3, -0.25) is 23.4 Å². The first-order valence-corrected chi connectivity index (χ1v) is 28.0. The fraction of sp³-hybridized carbons (Fsp3) is 0.696. The first-order valence-electron chi connectivity index (χ1n) is 26.5. The summed E-state index contributed by atoms with van der Waals surface area (Å²) in [5, 5.41) is 9.77. The molecule has 0 aromatic carbocycles. The van der Waals surface area contributed by atoms with Gasteiger partial charge in [0, 0.05) is 19.3 Å². The van der Waals surface area contributed by atoms with Gasteiger partial charge in [0.05, 0.1) is 19.8 Å². The number of aliphatic hydroxyl groups excluding tert-OH is 1. The third kappa shape index (κ3) is 47.7. The molecule has 11 nitrogen and oxygen atoms in total. The lowest BCUT2D eigenvalue weighted by Gasteiger charge is -2.21. The Morgan fingerprint density at radius 1 is 0.426 bits per heavy atom. The van der Waals surface area contributed by atoms with Gasteiger partial charge in [-0.2, -0.15) is 0 Å². The van der Waals surface area contributed by atoms with Gasteiger partial charge in [-0.15, -0.1) is 0 Å². The monoisotopic (exact) mass is 975 g/mol. The van der Waals surface area contributed by atoms with Crippen LogP contribution in [-0.2, 0) is 42.2 Å². The summed E-state index contributed by atoms with van der Waals surface area (Å²) in [6.07, 6.45) is 55.6. The molecule has 3 unspecified atom stereocenters. The highest BCUT2D eigenvalue weighted by atomic mass is 31.2. The van der Waals surface area contributed by atoms with Crippen LogP contribution >= 0.6 is 7.82 Å². The maximum atomic E-state index is 12.8. The third-order valence-corrected chi connectivity index (χ3v) is 11.8. The number of rotatable bonds is 48. The molecule has 0 bridgehead atoms. The molecule has 0 aromatic heterocycles. The van der Waals surface area contributed by atoms with Gasteiger partial charge in [0.2, 0.25) is 0 Å². The van der Waals surface area contributed by atoms with Gasteiger partial charge in [0.15, 0.2) is 6.10 Å². The quantitative estimate of drug-likeness (QED) is 0.0197. The molecular formula is C56H95O11P. The Hall–Kier alpha value is -3.34. The molecule has 0 heterocycles. The Bertz CT molecular complexity index is 1460. The van der Waals surface area contributed by atoms with Crippen molar-refractivity contribution in [3.05, 3.63) is 85.1 Å². The second-order valence-electron chi connectivity index (χ2n) is 17.3. The summed E-state index contributed by atoms with van der Waals surface area (Å²) in [4.78, 5) is 48.3. The van der Waals surface area contributed by atoms with Crippen LogP contribution in [0.2, 0.25) is 0 Å². The number of phosphoric acid groups is 1. The van der Waals surface area contributed by atoms with E-state index in [-0.39, 0.29) is 25.9 Å². The molecule has 0 aliphatic rings. The van der Waals surface area contributed by atoms with Gasteiger partial charge in [-0.1, -0.05) is 189 Å². The molecule has 68 heavy (non-hydrogen) atoms. The van der Waals surface area contributed by atoms with E-state index in [1.807, 2.05) is 0 Å². The van der Waals surface area contributed by atoms with Crippen LogP contribution in [0.25, 0.3) is 0 Å². The smallest absolute Gasteiger partial charge is 0.462 e. The van der Waals surface area contributed by atoms with Crippen LogP contribution in [-0.4, -0.2) is 66.5 Å². The van der Waals surface area contributed by atoms with Crippen LogP contribution < -0.4 is 0 Å². The maximum absolute atomic E-state index is 12.8. The molecule has 0 aliphatic carbocycles. The lowest BCUT2D eigenvalue weighted by Crippen LogP contribution is -2.30. The second-order valence-corrected chi connectivity index (χ2v) is 18.7. The van der Waals surface area contributed by atoms with Gasteiger partial charge in [-0.05, 0) is 89.9 Å². The van der Waals surface area contributed by atoms with Crippen LogP contribution in [0, 0.1) is 0 Å². The number of hydrogen-bond donors (Lipinski definition) is 2. The van der Waals surface area contributed by atoms with E-state index in [2.05, 4.69) is 106 Å². The average Bonchev–Trinajstić information content (AvgIpc) is 3.32. The van der Waals surface area contributed by atoms with Crippen molar-refractivity contribution in [1.82, 2.24) is 0 Å². The van der Waals surface area contributed by atoms with Crippen molar-refractivity contribution in [2.24, 2.45) is 0 Å². The summed E-state index contributed by atoms with van der Waals surface area (Å²) in [7, 11) is -4.76. The van der Waals surface area contributed by atoms with Crippen LogP contribution in [0.5, 0.6) is 0 Å². The average molecular weight is 975 g/mol. The van der Waals surface area contributed by atoms with Crippen molar-refractivity contribution in [2.75, 3.05) is 26.4 Å². The van der Waals surface area contributed by atoms with E-state index in [0.717, 1.165) is 96.3 Å². The Balaban J connectivity index is 4.83. The second kappa shape index (κ2) is 50.1. The third-order valence-electron chi connectivity index (χ3n) is 10.8. The molecule has 0 aromatic rings. The normalized spacial score (nSPS) is 14.1. The maximum Gasteiger partial charge on any atom is 0.472 e. The molecule has 0 saturated carbocycles. The van der Waals surface area contributed by atoms with Crippen molar-refractivity contribution in [1.29, 1.82) is 0 Å². The number of allylic oxidation sites excluding steroid dienone is 14. The first kappa shape index (κ1) is 64.7. The molecule has 12 heteroatoms. The summed E-state index contributed by atoms with van der Waals surface area (Å²) in [6.45, 7) is 4.32. The van der Waals surface area contributed by atoms with E-state index < -0.39 is 57.8 Å². The van der Waals surface area contributed by atoms with Crippen LogP contribution in [0.4, 0.5) is 0 Å². The Morgan fingerprint density at radius 2 is 0.765 bits per heavy atom. The molecule has 0 saturated heterocycles.